The van der Waals surface area contributed by atoms with Crippen LogP contribution < -0.4 is 5.73 Å². The third-order valence-electron chi connectivity index (χ3n) is 0.973. The van der Waals surface area contributed by atoms with Crippen LogP contribution in [-0.2, 0) is 0 Å². The number of nitrogens with two attached hydrogens (primary N) is 1. The Balaban J connectivity index is 3.28. The van der Waals surface area contributed by atoms with Crippen LogP contribution in [0.3, 0.4) is 0 Å². The third-order valence-corrected chi connectivity index (χ3v) is 0.973. The van der Waals surface area contributed by atoms with E-state index in [4.69, 9.17) is 16.3 Å². The molecule has 0 aliphatic rings. The Labute approximate surface area is 62.7 Å². The summed E-state index contributed by atoms with van der Waals surface area (Å²) in [5.74, 6) is -0.0550. The Kier molecular flexibility index (Phi) is 1.67. The van der Waals surface area contributed by atoms with Crippen molar-refractivity contribution in [3.05, 3.63) is 17.5 Å². The smallest absolute Gasteiger partial charge is 0.222 e. The first-order valence-electron chi connectivity index (χ1n) is 2.71. The van der Waals surface area contributed by atoms with Crippen molar-refractivity contribution >= 4 is 5.95 Å². The summed E-state index contributed by atoms with van der Waals surface area (Å²) in [6.45, 7) is 0. The molecule has 0 unspecified atom stereocenters. The van der Waals surface area contributed by atoms with Gasteiger partial charge in [-0.1, -0.05) is 0 Å². The highest BCUT2D eigenvalue weighted by atomic mass is 15.0. The van der Waals surface area contributed by atoms with E-state index < -0.39 is 0 Å². The number of nitrogens with zero attached hydrogens (tertiary/aromatic N) is 4. The van der Waals surface area contributed by atoms with Crippen molar-refractivity contribution < 1.29 is 0 Å². The van der Waals surface area contributed by atoms with Gasteiger partial charge in [-0.2, -0.15) is 10.5 Å². The molecule has 0 aliphatic heterocycles. The first kappa shape index (κ1) is 6.97. The van der Waals surface area contributed by atoms with Crippen LogP contribution in [0.5, 0.6) is 0 Å². The highest BCUT2D eigenvalue weighted by Gasteiger charge is 1.98. The Bertz CT molecular complexity index is 324. The van der Waals surface area contributed by atoms with Gasteiger partial charge < -0.3 is 5.73 Å². The predicted molar refractivity (Wildman–Crippen MR) is 35.9 cm³/mol. The van der Waals surface area contributed by atoms with Crippen LogP contribution in [0, 0.1) is 22.7 Å². The van der Waals surface area contributed by atoms with E-state index in [0.29, 0.717) is 0 Å². The lowest BCUT2D eigenvalue weighted by Gasteiger charge is -1.91. The second-order valence-corrected chi connectivity index (χ2v) is 1.72. The summed E-state index contributed by atoms with van der Waals surface area (Å²) >= 11 is 0. The monoisotopic (exact) mass is 145 g/mol. The lowest BCUT2D eigenvalue weighted by molar-refractivity contribution is 1.13. The first-order valence-corrected chi connectivity index (χ1v) is 2.71. The zero-order valence-corrected chi connectivity index (χ0v) is 5.44. The SMILES string of the molecule is N#Cc1cc(C#N)nc(N)n1. The van der Waals surface area contributed by atoms with Gasteiger partial charge in [0.25, 0.3) is 0 Å². The van der Waals surface area contributed by atoms with Gasteiger partial charge in [0, 0.05) is 6.07 Å². The zero-order chi connectivity index (χ0) is 8.27. The molecular weight excluding hydrogens is 142 g/mol. The van der Waals surface area contributed by atoms with Crippen LogP contribution in [-0.4, -0.2) is 9.97 Å². The average molecular weight is 145 g/mol. The van der Waals surface area contributed by atoms with E-state index >= 15 is 0 Å². The van der Waals surface area contributed by atoms with Crippen LogP contribution in [0.15, 0.2) is 6.07 Å². The largest absolute Gasteiger partial charge is 0.368 e. The Morgan fingerprint density at radius 3 is 2.00 bits per heavy atom. The van der Waals surface area contributed by atoms with Crippen molar-refractivity contribution in [2.75, 3.05) is 5.73 Å². The molecule has 1 rings (SSSR count). The minimum absolute atomic E-state index is 0.0550. The van der Waals surface area contributed by atoms with Gasteiger partial charge in [-0.05, 0) is 0 Å². The van der Waals surface area contributed by atoms with E-state index in [-0.39, 0.29) is 17.3 Å². The molecule has 52 valence electrons. The molecule has 0 spiro atoms. The van der Waals surface area contributed by atoms with E-state index in [1.54, 1.807) is 12.1 Å². The summed E-state index contributed by atoms with van der Waals surface area (Å²) in [6, 6.07) is 4.79. The summed E-state index contributed by atoms with van der Waals surface area (Å²) < 4.78 is 0. The normalized spacial score (nSPS) is 8.18. The minimum atomic E-state index is -0.0550. The second-order valence-electron chi connectivity index (χ2n) is 1.72. The third kappa shape index (κ3) is 1.41. The van der Waals surface area contributed by atoms with Crippen molar-refractivity contribution in [3.8, 4) is 12.1 Å². The fourth-order valence-corrected chi connectivity index (χ4v) is 0.580. The maximum atomic E-state index is 8.38. The molecule has 0 bridgehead atoms. The molecule has 1 aromatic rings. The van der Waals surface area contributed by atoms with Gasteiger partial charge >= 0.3 is 0 Å². The summed E-state index contributed by atoms with van der Waals surface area (Å²) in [5, 5.41) is 16.8. The highest BCUT2D eigenvalue weighted by Crippen LogP contribution is 1.99. The van der Waals surface area contributed by atoms with Gasteiger partial charge in [0.05, 0.1) is 0 Å². The molecule has 0 radical (unpaired) electrons. The number of anilines is 1. The molecule has 0 aromatic carbocycles. The van der Waals surface area contributed by atoms with Gasteiger partial charge in [-0.15, -0.1) is 0 Å². The van der Waals surface area contributed by atoms with Gasteiger partial charge in [0.2, 0.25) is 5.95 Å². The van der Waals surface area contributed by atoms with E-state index in [9.17, 15) is 0 Å². The molecule has 0 atom stereocenters. The Morgan fingerprint density at radius 1 is 1.18 bits per heavy atom. The predicted octanol–water partition coefficient (Wildman–Crippen LogP) is -0.198. The quantitative estimate of drug-likeness (QED) is 0.545. The molecular formula is C6H3N5. The number of hydrogen-bond donors (Lipinski definition) is 1. The molecule has 0 saturated heterocycles. The standard InChI is InChI=1S/C6H3N5/c7-2-4-1-5(3-8)11-6(9)10-4/h1H,(H2,9,10,11). The average Bonchev–Trinajstić information content (AvgIpc) is 2.03. The zero-order valence-electron chi connectivity index (χ0n) is 5.44. The van der Waals surface area contributed by atoms with Crippen molar-refractivity contribution in [1.29, 1.82) is 10.5 Å². The lowest BCUT2D eigenvalue weighted by Crippen LogP contribution is -1.98. The van der Waals surface area contributed by atoms with Crippen LogP contribution in [0.1, 0.15) is 11.4 Å². The summed E-state index contributed by atoms with van der Waals surface area (Å²) in [6.07, 6.45) is 0. The summed E-state index contributed by atoms with van der Waals surface area (Å²) in [5.41, 5.74) is 5.40. The summed E-state index contributed by atoms with van der Waals surface area (Å²) in [4.78, 5) is 7.11. The van der Waals surface area contributed by atoms with Crippen molar-refractivity contribution in [2.24, 2.45) is 0 Å². The maximum Gasteiger partial charge on any atom is 0.222 e. The Hall–Kier alpha value is -2.14. The van der Waals surface area contributed by atoms with Crippen LogP contribution >= 0.6 is 0 Å². The molecule has 1 heterocycles. The molecule has 0 saturated carbocycles. The lowest BCUT2D eigenvalue weighted by atomic mass is 10.3. The molecule has 11 heavy (non-hydrogen) atoms. The molecule has 5 heteroatoms. The van der Waals surface area contributed by atoms with Crippen LogP contribution in [0.25, 0.3) is 0 Å². The van der Waals surface area contributed by atoms with Crippen molar-refractivity contribution in [2.45, 2.75) is 0 Å². The molecule has 0 fully saturated rings. The molecule has 1 aromatic heterocycles. The van der Waals surface area contributed by atoms with Gasteiger partial charge in [0.1, 0.15) is 23.5 Å². The number of hydrogen-bond acceptors (Lipinski definition) is 5. The number of rotatable bonds is 0. The second kappa shape index (κ2) is 2.63. The first-order chi connectivity index (χ1) is 5.26. The number of aromatic nitrogens is 2. The number of nitrogen functional groups attached to an aromatic ring is 1. The molecule has 5 nitrogen and oxygen atoms in total. The number of nitriles is 2. The van der Waals surface area contributed by atoms with E-state index in [1.165, 1.54) is 6.07 Å². The Morgan fingerprint density at radius 2 is 1.64 bits per heavy atom. The van der Waals surface area contributed by atoms with Gasteiger partial charge in [-0.25, -0.2) is 9.97 Å². The fourth-order valence-electron chi connectivity index (χ4n) is 0.580. The van der Waals surface area contributed by atoms with Crippen LogP contribution in [0.2, 0.25) is 0 Å². The fraction of sp³-hybridized carbons (Fsp3) is 0. The van der Waals surface area contributed by atoms with Crippen LogP contribution in [0.4, 0.5) is 5.95 Å². The minimum Gasteiger partial charge on any atom is -0.368 e. The molecule has 0 aliphatic carbocycles. The van der Waals surface area contributed by atoms with Crippen molar-refractivity contribution in [3.63, 3.8) is 0 Å². The van der Waals surface area contributed by atoms with E-state index in [1.807, 2.05) is 0 Å². The van der Waals surface area contributed by atoms with Crippen molar-refractivity contribution in [1.82, 2.24) is 9.97 Å². The van der Waals surface area contributed by atoms with Gasteiger partial charge in [-0.3, -0.25) is 0 Å². The summed E-state index contributed by atoms with van der Waals surface area (Å²) in [7, 11) is 0. The topological polar surface area (TPSA) is 99.4 Å². The van der Waals surface area contributed by atoms with E-state index in [2.05, 4.69) is 9.97 Å². The molecule has 0 amide bonds. The highest BCUT2D eigenvalue weighted by molar-refractivity contribution is 5.34. The molecule has 2 N–H and O–H groups in total. The maximum absolute atomic E-state index is 8.38. The van der Waals surface area contributed by atoms with E-state index in [0.717, 1.165) is 0 Å². The van der Waals surface area contributed by atoms with Gasteiger partial charge in [0.15, 0.2) is 0 Å².